The summed E-state index contributed by atoms with van der Waals surface area (Å²) in [6.07, 6.45) is 3.85. The van der Waals surface area contributed by atoms with Crippen LogP contribution in [-0.4, -0.2) is 59.2 Å². The molecule has 8 heteroatoms. The number of carbonyl (C=O) groups excluding carboxylic acids is 4. The molecule has 8 nitrogen and oxygen atoms in total. The first-order valence-electron chi connectivity index (χ1n) is 10.2. The highest BCUT2D eigenvalue weighted by molar-refractivity contribution is 6.22. The van der Waals surface area contributed by atoms with E-state index in [2.05, 4.69) is 0 Å². The van der Waals surface area contributed by atoms with E-state index >= 15 is 0 Å². The van der Waals surface area contributed by atoms with E-state index < -0.39 is 18.0 Å². The molecule has 0 bridgehead atoms. The van der Waals surface area contributed by atoms with E-state index in [4.69, 9.17) is 10.00 Å². The zero-order valence-corrected chi connectivity index (χ0v) is 17.2. The molecule has 3 rings (SSSR count). The van der Waals surface area contributed by atoms with E-state index in [1.54, 1.807) is 0 Å². The number of hydrogen-bond donors (Lipinski definition) is 0. The number of nitrogens with zero attached hydrogens (tertiary/aromatic N) is 3. The number of rotatable bonds is 6. The number of nitriles is 1. The highest BCUT2D eigenvalue weighted by Crippen LogP contribution is 2.31. The van der Waals surface area contributed by atoms with Gasteiger partial charge in [0.2, 0.25) is 0 Å². The van der Waals surface area contributed by atoms with Crippen LogP contribution in [0.1, 0.15) is 76.5 Å². The van der Waals surface area contributed by atoms with Gasteiger partial charge < -0.3 is 9.64 Å². The SMILES string of the molecule is C[C@H](OC(=O)c1ccc2c(c1)C(=O)N(C1CCCCC1)C2=O)C(=O)N(C)CCC#N. The minimum absolute atomic E-state index is 0.0943. The maximum atomic E-state index is 12.9. The average molecular weight is 411 g/mol. The van der Waals surface area contributed by atoms with E-state index in [1.807, 2.05) is 6.07 Å². The molecule has 1 aliphatic heterocycles. The molecule has 2 aliphatic rings. The zero-order chi connectivity index (χ0) is 21.8. The first-order chi connectivity index (χ1) is 14.3. The van der Waals surface area contributed by atoms with Gasteiger partial charge in [0.15, 0.2) is 6.10 Å². The molecule has 0 N–H and O–H groups in total. The number of carbonyl (C=O) groups is 4. The summed E-state index contributed by atoms with van der Waals surface area (Å²) in [5.41, 5.74) is 0.604. The second-order valence-electron chi connectivity index (χ2n) is 7.75. The van der Waals surface area contributed by atoms with Crippen LogP contribution in [0.25, 0.3) is 0 Å². The zero-order valence-electron chi connectivity index (χ0n) is 17.2. The van der Waals surface area contributed by atoms with Crippen molar-refractivity contribution in [3.8, 4) is 6.07 Å². The van der Waals surface area contributed by atoms with Crippen LogP contribution in [0, 0.1) is 11.3 Å². The van der Waals surface area contributed by atoms with Gasteiger partial charge in [0, 0.05) is 19.6 Å². The largest absolute Gasteiger partial charge is 0.449 e. The molecule has 0 aromatic heterocycles. The van der Waals surface area contributed by atoms with Crippen molar-refractivity contribution in [2.75, 3.05) is 13.6 Å². The number of amides is 3. The summed E-state index contributed by atoms with van der Waals surface area (Å²) in [6, 6.07) is 6.14. The topological polar surface area (TPSA) is 108 Å². The minimum Gasteiger partial charge on any atom is -0.449 e. The van der Waals surface area contributed by atoms with Gasteiger partial charge in [-0.2, -0.15) is 5.26 Å². The van der Waals surface area contributed by atoms with Crippen molar-refractivity contribution in [1.82, 2.24) is 9.80 Å². The molecule has 1 aliphatic carbocycles. The van der Waals surface area contributed by atoms with Gasteiger partial charge in [0.25, 0.3) is 17.7 Å². The lowest BCUT2D eigenvalue weighted by Gasteiger charge is -2.29. The first kappa shape index (κ1) is 21.5. The quantitative estimate of drug-likeness (QED) is 0.526. The molecule has 1 aromatic carbocycles. The lowest BCUT2D eigenvalue weighted by Crippen LogP contribution is -2.40. The third kappa shape index (κ3) is 4.20. The van der Waals surface area contributed by atoms with E-state index in [-0.39, 0.29) is 41.9 Å². The molecule has 1 heterocycles. The van der Waals surface area contributed by atoms with E-state index in [0.29, 0.717) is 5.56 Å². The summed E-state index contributed by atoms with van der Waals surface area (Å²) in [4.78, 5) is 53.0. The second kappa shape index (κ2) is 9.08. The molecular weight excluding hydrogens is 386 g/mol. The number of hydrogen-bond acceptors (Lipinski definition) is 6. The second-order valence-corrected chi connectivity index (χ2v) is 7.75. The third-order valence-corrected chi connectivity index (χ3v) is 5.66. The summed E-state index contributed by atoms with van der Waals surface area (Å²) in [6.45, 7) is 1.69. The van der Waals surface area contributed by atoms with Crippen molar-refractivity contribution in [3.05, 3.63) is 34.9 Å². The van der Waals surface area contributed by atoms with Gasteiger partial charge in [-0.1, -0.05) is 19.3 Å². The van der Waals surface area contributed by atoms with Gasteiger partial charge >= 0.3 is 5.97 Å². The van der Waals surface area contributed by atoms with Crippen molar-refractivity contribution in [3.63, 3.8) is 0 Å². The molecule has 1 aromatic rings. The predicted molar refractivity (Wildman–Crippen MR) is 107 cm³/mol. The van der Waals surface area contributed by atoms with Gasteiger partial charge in [-0.15, -0.1) is 0 Å². The summed E-state index contributed by atoms with van der Waals surface area (Å²) < 4.78 is 5.24. The van der Waals surface area contributed by atoms with Crippen molar-refractivity contribution < 1.29 is 23.9 Å². The molecule has 0 spiro atoms. The Morgan fingerprint density at radius 3 is 2.53 bits per heavy atom. The van der Waals surface area contributed by atoms with Crippen LogP contribution in [0.5, 0.6) is 0 Å². The average Bonchev–Trinajstić information content (AvgIpc) is 3.01. The Kier molecular flexibility index (Phi) is 6.50. The van der Waals surface area contributed by atoms with E-state index in [9.17, 15) is 19.2 Å². The number of ether oxygens (including phenoxy) is 1. The molecule has 1 atom stereocenters. The van der Waals surface area contributed by atoms with Gasteiger partial charge in [-0.25, -0.2) is 4.79 Å². The van der Waals surface area contributed by atoms with E-state index in [1.165, 1.54) is 42.0 Å². The van der Waals surface area contributed by atoms with Crippen LogP contribution >= 0.6 is 0 Å². The molecule has 0 unspecified atom stereocenters. The van der Waals surface area contributed by atoms with Crippen molar-refractivity contribution in [2.45, 2.75) is 57.6 Å². The first-order valence-corrected chi connectivity index (χ1v) is 10.2. The molecular formula is C22H25N3O5. The van der Waals surface area contributed by atoms with Crippen molar-refractivity contribution >= 4 is 23.7 Å². The summed E-state index contributed by atoms with van der Waals surface area (Å²) >= 11 is 0. The smallest absolute Gasteiger partial charge is 0.338 e. The van der Waals surface area contributed by atoms with Crippen molar-refractivity contribution in [1.29, 1.82) is 5.26 Å². The lowest BCUT2D eigenvalue weighted by atomic mass is 9.94. The van der Waals surface area contributed by atoms with Crippen LogP contribution < -0.4 is 0 Å². The summed E-state index contributed by atoms with van der Waals surface area (Å²) in [7, 11) is 1.53. The van der Waals surface area contributed by atoms with Crippen molar-refractivity contribution in [2.24, 2.45) is 0 Å². The van der Waals surface area contributed by atoms with Crippen LogP contribution in [0.4, 0.5) is 0 Å². The van der Waals surface area contributed by atoms with Crippen LogP contribution in [-0.2, 0) is 9.53 Å². The van der Waals surface area contributed by atoms with Gasteiger partial charge in [0.05, 0.1) is 29.2 Å². The number of fused-ring (bicyclic) bond motifs is 1. The van der Waals surface area contributed by atoms with E-state index in [0.717, 1.165) is 32.1 Å². The predicted octanol–water partition coefficient (Wildman–Crippen LogP) is 2.53. The minimum atomic E-state index is -1.04. The van der Waals surface area contributed by atoms with Crippen LogP contribution in [0.2, 0.25) is 0 Å². The standard InChI is InChI=1S/C22H25N3O5/c1-14(19(26)24(2)12-6-11-23)30-22(29)15-9-10-17-18(13-15)21(28)25(20(17)27)16-7-4-3-5-8-16/h9-10,13-14,16H,3-8,12H2,1-2H3/t14-/m0/s1. The summed E-state index contributed by atoms with van der Waals surface area (Å²) in [5, 5.41) is 8.62. The molecule has 1 fully saturated rings. The van der Waals surface area contributed by atoms with Crippen LogP contribution in [0.15, 0.2) is 18.2 Å². The third-order valence-electron chi connectivity index (χ3n) is 5.66. The number of likely N-dealkylation sites (N-methyl/N-ethyl adjacent to an activating group) is 1. The Hall–Kier alpha value is -3.21. The van der Waals surface area contributed by atoms with Gasteiger partial charge in [0.1, 0.15) is 0 Å². The lowest BCUT2D eigenvalue weighted by molar-refractivity contribution is -0.138. The molecule has 158 valence electrons. The van der Waals surface area contributed by atoms with Gasteiger partial charge in [-0.05, 0) is 38.0 Å². The highest BCUT2D eigenvalue weighted by Gasteiger charge is 2.40. The number of benzene rings is 1. The molecule has 0 saturated heterocycles. The maximum absolute atomic E-state index is 12.9. The normalized spacial score (nSPS) is 17.3. The molecule has 1 saturated carbocycles. The number of imide groups is 1. The molecule has 3 amide bonds. The molecule has 0 radical (unpaired) electrons. The van der Waals surface area contributed by atoms with Gasteiger partial charge in [-0.3, -0.25) is 19.3 Å². The summed E-state index contributed by atoms with van der Waals surface area (Å²) in [5.74, 6) is -1.86. The Bertz CT molecular complexity index is 914. The Morgan fingerprint density at radius 2 is 1.87 bits per heavy atom. The fraction of sp³-hybridized carbons (Fsp3) is 0.500. The Morgan fingerprint density at radius 1 is 1.20 bits per heavy atom. The fourth-order valence-electron chi connectivity index (χ4n) is 3.97. The molecule has 30 heavy (non-hydrogen) atoms. The fourth-order valence-corrected chi connectivity index (χ4v) is 3.97. The highest BCUT2D eigenvalue weighted by atomic mass is 16.5. The monoisotopic (exact) mass is 411 g/mol. The maximum Gasteiger partial charge on any atom is 0.338 e. The number of esters is 1. The van der Waals surface area contributed by atoms with Crippen LogP contribution in [0.3, 0.4) is 0 Å². The Labute approximate surface area is 175 Å². The Balaban J connectivity index is 1.71.